The van der Waals surface area contributed by atoms with Crippen molar-refractivity contribution in [2.75, 3.05) is 12.9 Å². The van der Waals surface area contributed by atoms with E-state index in [0.717, 1.165) is 47.8 Å². The smallest absolute Gasteiger partial charge is 0.187 e. The molecule has 1 aromatic heterocycles. The average Bonchev–Trinajstić information content (AvgIpc) is 2.85. The SMILES string of the molecule is CCCOc1c(Cl)cc(C2CCCc3cc(OCc4ccnc(SC)n4)ccc32)cc1C#N. The molecule has 0 saturated carbocycles. The molecule has 1 heterocycles. The third-order valence-electron chi connectivity index (χ3n) is 5.73. The predicted molar refractivity (Wildman–Crippen MR) is 131 cm³/mol. The van der Waals surface area contributed by atoms with Gasteiger partial charge in [-0.25, -0.2) is 9.97 Å². The van der Waals surface area contributed by atoms with Gasteiger partial charge in [0.1, 0.15) is 18.4 Å². The zero-order valence-electron chi connectivity index (χ0n) is 18.8. The maximum atomic E-state index is 9.67. The Morgan fingerprint density at radius 2 is 2.09 bits per heavy atom. The van der Waals surface area contributed by atoms with E-state index in [9.17, 15) is 5.26 Å². The van der Waals surface area contributed by atoms with E-state index in [0.29, 0.717) is 29.5 Å². The van der Waals surface area contributed by atoms with Crippen LogP contribution in [0.15, 0.2) is 47.8 Å². The van der Waals surface area contributed by atoms with Crippen molar-refractivity contribution in [2.45, 2.75) is 50.3 Å². The van der Waals surface area contributed by atoms with Gasteiger partial charge < -0.3 is 9.47 Å². The van der Waals surface area contributed by atoms with Gasteiger partial charge in [-0.1, -0.05) is 36.4 Å². The highest BCUT2D eigenvalue weighted by molar-refractivity contribution is 7.98. The van der Waals surface area contributed by atoms with Gasteiger partial charge in [-0.15, -0.1) is 0 Å². The molecule has 7 heteroatoms. The minimum absolute atomic E-state index is 0.193. The lowest BCUT2D eigenvalue weighted by Gasteiger charge is -2.27. The summed E-state index contributed by atoms with van der Waals surface area (Å²) in [4.78, 5) is 8.68. The average molecular weight is 480 g/mol. The number of aryl methyl sites for hydroxylation is 1. The van der Waals surface area contributed by atoms with Crippen molar-refractivity contribution in [1.29, 1.82) is 5.26 Å². The van der Waals surface area contributed by atoms with E-state index >= 15 is 0 Å². The first-order valence-corrected chi connectivity index (χ1v) is 12.7. The number of hydrogen-bond acceptors (Lipinski definition) is 6. The number of rotatable bonds is 8. The molecule has 0 saturated heterocycles. The molecule has 0 N–H and O–H groups in total. The van der Waals surface area contributed by atoms with Gasteiger partial charge in [-0.05, 0) is 79.0 Å². The highest BCUT2D eigenvalue weighted by Gasteiger charge is 2.24. The van der Waals surface area contributed by atoms with Crippen molar-refractivity contribution < 1.29 is 9.47 Å². The summed E-state index contributed by atoms with van der Waals surface area (Å²) < 4.78 is 11.8. The van der Waals surface area contributed by atoms with Gasteiger partial charge in [0.25, 0.3) is 0 Å². The van der Waals surface area contributed by atoms with Crippen LogP contribution in [0.25, 0.3) is 0 Å². The highest BCUT2D eigenvalue weighted by Crippen LogP contribution is 2.41. The summed E-state index contributed by atoms with van der Waals surface area (Å²) in [5.41, 5.74) is 4.95. The van der Waals surface area contributed by atoms with Crippen LogP contribution in [-0.2, 0) is 13.0 Å². The zero-order valence-corrected chi connectivity index (χ0v) is 20.4. The largest absolute Gasteiger partial charge is 0.491 e. The van der Waals surface area contributed by atoms with Crippen LogP contribution < -0.4 is 9.47 Å². The molecule has 1 aliphatic carbocycles. The van der Waals surface area contributed by atoms with Crippen molar-refractivity contribution in [3.63, 3.8) is 0 Å². The second-order valence-electron chi connectivity index (χ2n) is 7.97. The van der Waals surface area contributed by atoms with Crippen molar-refractivity contribution in [3.8, 4) is 17.6 Å². The van der Waals surface area contributed by atoms with Crippen molar-refractivity contribution in [1.82, 2.24) is 9.97 Å². The van der Waals surface area contributed by atoms with E-state index in [1.165, 1.54) is 22.9 Å². The number of nitriles is 1. The number of thioether (sulfide) groups is 1. The van der Waals surface area contributed by atoms with Crippen LogP contribution in [0, 0.1) is 11.3 Å². The van der Waals surface area contributed by atoms with E-state index in [4.69, 9.17) is 21.1 Å². The quantitative estimate of drug-likeness (QED) is 0.269. The lowest BCUT2D eigenvalue weighted by atomic mass is 9.78. The molecular formula is C26H26ClN3O2S. The topological polar surface area (TPSA) is 68.0 Å². The Morgan fingerprint density at radius 1 is 1.21 bits per heavy atom. The summed E-state index contributed by atoms with van der Waals surface area (Å²) in [6.07, 6.45) is 7.66. The van der Waals surface area contributed by atoms with Crippen LogP contribution in [-0.4, -0.2) is 22.8 Å². The van der Waals surface area contributed by atoms with Gasteiger partial charge >= 0.3 is 0 Å². The van der Waals surface area contributed by atoms with Gasteiger partial charge in [0.15, 0.2) is 10.9 Å². The standard InChI is InChI=1S/C26H26ClN3O2S/c1-3-11-31-25-19(15-28)12-18(14-24(25)27)22-6-4-5-17-13-21(7-8-23(17)22)32-16-20-9-10-29-26(30-20)33-2/h7-10,12-14,22H,3-6,11,16H2,1-2H3. The molecule has 0 aliphatic heterocycles. The number of benzene rings is 2. The maximum absolute atomic E-state index is 9.67. The Hall–Kier alpha value is -2.75. The van der Waals surface area contributed by atoms with Crippen molar-refractivity contribution in [3.05, 3.63) is 75.6 Å². The first-order valence-electron chi connectivity index (χ1n) is 11.1. The molecule has 0 bridgehead atoms. The molecule has 4 rings (SSSR count). The van der Waals surface area contributed by atoms with Crippen LogP contribution in [0.2, 0.25) is 5.02 Å². The molecule has 33 heavy (non-hydrogen) atoms. The van der Waals surface area contributed by atoms with E-state index in [2.05, 4.69) is 28.2 Å². The second-order valence-corrected chi connectivity index (χ2v) is 9.15. The fraction of sp³-hybridized carbons (Fsp3) is 0.346. The maximum Gasteiger partial charge on any atom is 0.187 e. The van der Waals surface area contributed by atoms with Crippen LogP contribution in [0.4, 0.5) is 0 Å². The molecule has 1 unspecified atom stereocenters. The molecule has 0 spiro atoms. The molecule has 0 fully saturated rings. The normalized spacial score (nSPS) is 14.9. The number of ether oxygens (including phenoxy) is 2. The van der Waals surface area contributed by atoms with Gasteiger partial charge in [-0.3, -0.25) is 0 Å². The number of hydrogen-bond donors (Lipinski definition) is 0. The lowest BCUT2D eigenvalue weighted by Crippen LogP contribution is -2.12. The fourth-order valence-corrected chi connectivity index (χ4v) is 4.85. The summed E-state index contributed by atoms with van der Waals surface area (Å²) in [6, 6.07) is 14.3. The molecule has 3 aromatic rings. The Morgan fingerprint density at radius 3 is 2.88 bits per heavy atom. The minimum atomic E-state index is 0.193. The summed E-state index contributed by atoms with van der Waals surface area (Å²) in [5, 5.41) is 10.9. The molecule has 5 nitrogen and oxygen atoms in total. The van der Waals surface area contributed by atoms with Gasteiger partial charge in [0.2, 0.25) is 0 Å². The first-order chi connectivity index (χ1) is 16.1. The van der Waals surface area contributed by atoms with Crippen LogP contribution >= 0.6 is 23.4 Å². The molecule has 1 atom stereocenters. The van der Waals surface area contributed by atoms with Crippen molar-refractivity contribution in [2.24, 2.45) is 0 Å². The highest BCUT2D eigenvalue weighted by atomic mass is 35.5. The summed E-state index contributed by atoms with van der Waals surface area (Å²) >= 11 is 8.05. The number of fused-ring (bicyclic) bond motifs is 1. The Balaban J connectivity index is 1.56. The number of nitrogens with zero attached hydrogens (tertiary/aromatic N) is 3. The van der Waals surface area contributed by atoms with Gasteiger partial charge in [0.05, 0.1) is 22.9 Å². The summed E-state index contributed by atoms with van der Waals surface area (Å²) in [6.45, 7) is 2.97. The van der Waals surface area contributed by atoms with E-state index in [1.54, 1.807) is 6.20 Å². The van der Waals surface area contributed by atoms with E-state index < -0.39 is 0 Å². The van der Waals surface area contributed by atoms with Crippen LogP contribution in [0.5, 0.6) is 11.5 Å². The van der Waals surface area contributed by atoms with Crippen LogP contribution in [0.3, 0.4) is 0 Å². The van der Waals surface area contributed by atoms with Gasteiger partial charge in [0, 0.05) is 12.1 Å². The van der Waals surface area contributed by atoms with Crippen LogP contribution in [0.1, 0.15) is 60.1 Å². The zero-order chi connectivity index (χ0) is 23.2. The summed E-state index contributed by atoms with van der Waals surface area (Å²) in [7, 11) is 0. The lowest BCUT2D eigenvalue weighted by molar-refractivity contribution is 0.299. The molecular weight excluding hydrogens is 454 g/mol. The predicted octanol–water partition coefficient (Wildman–Crippen LogP) is 6.56. The minimum Gasteiger partial charge on any atom is -0.491 e. The molecule has 1 aliphatic rings. The number of aromatic nitrogens is 2. The molecule has 170 valence electrons. The molecule has 0 radical (unpaired) electrons. The third-order valence-corrected chi connectivity index (χ3v) is 6.57. The van der Waals surface area contributed by atoms with Gasteiger partial charge in [-0.2, -0.15) is 5.26 Å². The molecule has 2 aromatic carbocycles. The second kappa shape index (κ2) is 10.9. The third kappa shape index (κ3) is 5.43. The van der Waals surface area contributed by atoms with Crippen molar-refractivity contribution >= 4 is 23.4 Å². The van der Waals surface area contributed by atoms with E-state index in [1.807, 2.05) is 37.4 Å². The first kappa shape index (κ1) is 23.4. The molecule has 0 amide bonds. The summed E-state index contributed by atoms with van der Waals surface area (Å²) in [5.74, 6) is 1.51. The Labute approximate surface area is 204 Å². The number of halogens is 1. The Kier molecular flexibility index (Phi) is 7.74. The monoisotopic (exact) mass is 479 g/mol. The van der Waals surface area contributed by atoms with E-state index in [-0.39, 0.29) is 5.92 Å². The fourth-order valence-electron chi connectivity index (χ4n) is 4.19. The Bertz CT molecular complexity index is 1180.